The van der Waals surface area contributed by atoms with E-state index in [1.165, 1.54) is 11.8 Å². The molecule has 2 aliphatic heterocycles. The average molecular weight is 607 g/mol. The maximum atomic E-state index is 12.1. The van der Waals surface area contributed by atoms with E-state index in [1.54, 1.807) is 24.3 Å². The third-order valence-electron chi connectivity index (χ3n) is 8.30. The van der Waals surface area contributed by atoms with Crippen LogP contribution in [0.5, 0.6) is 5.88 Å². The molecule has 0 aliphatic carbocycles. The molecule has 5 heterocycles. The number of benzene rings is 1. The second-order valence-corrected chi connectivity index (χ2v) is 11.1. The number of piperazine rings is 1. The highest BCUT2D eigenvalue weighted by Gasteiger charge is 2.26. The Morgan fingerprint density at radius 2 is 1.89 bits per heavy atom. The SMILES string of the molecule is C#CCCN1CCN(c2ccc(Nc3nc(OC4CCN(C(=O)C=C)CC4)c4c(-c5cncc(NC)n5)c[nH]c4n3)cc2)CC1. The number of nitrogens with one attached hydrogen (secondary N) is 3. The molecule has 2 aliphatic rings. The molecule has 45 heavy (non-hydrogen) atoms. The highest BCUT2D eigenvalue weighted by Crippen LogP contribution is 2.35. The number of anilines is 4. The van der Waals surface area contributed by atoms with Crippen molar-refractivity contribution in [2.24, 2.45) is 0 Å². The number of likely N-dealkylation sites (tertiary alicyclic amines) is 1. The number of H-pyrrole nitrogens is 1. The summed E-state index contributed by atoms with van der Waals surface area (Å²) in [6.45, 7) is 9.70. The van der Waals surface area contributed by atoms with Gasteiger partial charge in [0.05, 0.1) is 23.5 Å². The summed E-state index contributed by atoms with van der Waals surface area (Å²) in [7, 11) is 1.80. The summed E-state index contributed by atoms with van der Waals surface area (Å²) in [6, 6.07) is 8.32. The topological polar surface area (TPSA) is 127 Å². The third kappa shape index (κ3) is 6.84. The van der Waals surface area contributed by atoms with E-state index in [0.29, 0.717) is 54.9 Å². The van der Waals surface area contributed by atoms with Crippen LogP contribution < -0.4 is 20.3 Å². The normalized spacial score (nSPS) is 15.9. The molecule has 3 aromatic heterocycles. The number of nitrogens with zero attached hydrogens (tertiary/aromatic N) is 7. The molecule has 0 saturated carbocycles. The second kappa shape index (κ2) is 13.7. The molecule has 0 radical (unpaired) electrons. The van der Waals surface area contributed by atoms with Gasteiger partial charge < -0.3 is 30.2 Å². The molecule has 2 saturated heterocycles. The van der Waals surface area contributed by atoms with Gasteiger partial charge in [0.1, 0.15) is 17.6 Å². The van der Waals surface area contributed by atoms with Crippen molar-refractivity contribution >= 4 is 40.1 Å². The number of carbonyl (C=O) groups excluding carboxylic acids is 1. The zero-order valence-electron chi connectivity index (χ0n) is 25.5. The van der Waals surface area contributed by atoms with Gasteiger partial charge in [0.15, 0.2) is 0 Å². The first-order valence-corrected chi connectivity index (χ1v) is 15.3. The Morgan fingerprint density at radius 1 is 1.11 bits per heavy atom. The minimum absolute atomic E-state index is 0.0615. The molecular weight excluding hydrogens is 568 g/mol. The number of hydrogen-bond donors (Lipinski definition) is 3. The predicted molar refractivity (Wildman–Crippen MR) is 177 cm³/mol. The van der Waals surface area contributed by atoms with E-state index in [2.05, 4.69) is 60.0 Å². The van der Waals surface area contributed by atoms with Crippen LogP contribution in [0.15, 0.2) is 55.5 Å². The van der Waals surface area contributed by atoms with Gasteiger partial charge in [-0.3, -0.25) is 14.7 Å². The van der Waals surface area contributed by atoms with Crippen molar-refractivity contribution < 1.29 is 9.53 Å². The van der Waals surface area contributed by atoms with E-state index >= 15 is 0 Å². The monoisotopic (exact) mass is 606 g/mol. The average Bonchev–Trinajstić information content (AvgIpc) is 3.52. The van der Waals surface area contributed by atoms with Crippen molar-refractivity contribution in [3.05, 3.63) is 55.5 Å². The number of hydrogen-bond acceptors (Lipinski definition) is 10. The Hall–Kier alpha value is -5.15. The fourth-order valence-electron chi connectivity index (χ4n) is 5.78. The van der Waals surface area contributed by atoms with E-state index in [-0.39, 0.29) is 12.0 Å². The van der Waals surface area contributed by atoms with Gasteiger partial charge in [-0.1, -0.05) is 6.58 Å². The first-order chi connectivity index (χ1) is 22.0. The number of aromatic nitrogens is 5. The summed E-state index contributed by atoms with van der Waals surface area (Å²) >= 11 is 0. The Kier molecular flexibility index (Phi) is 9.07. The molecule has 12 heteroatoms. The van der Waals surface area contributed by atoms with Crippen molar-refractivity contribution in [1.82, 2.24) is 34.7 Å². The summed E-state index contributed by atoms with van der Waals surface area (Å²) < 4.78 is 6.56. The van der Waals surface area contributed by atoms with Crippen molar-refractivity contribution in [1.29, 1.82) is 0 Å². The standard InChI is InChI=1S/C33H38N10O2/c1-4-6-13-41-16-18-42(19-17-41)24-9-7-23(8-10-24)37-33-39-31-30(26(20-36-31)27-21-35-22-28(34-3)38-27)32(40-33)45-25-11-14-43(15-12-25)29(44)5-2/h1,5,7-10,20-22,25H,2,6,11-19H2,3H3,(H,34,38)(H2,36,37,39,40). The molecule has 1 aromatic carbocycles. The van der Waals surface area contributed by atoms with Gasteiger partial charge in [-0.2, -0.15) is 9.97 Å². The van der Waals surface area contributed by atoms with Gasteiger partial charge in [0, 0.05) is 95.3 Å². The number of terminal acetylenes is 1. The number of piperidine rings is 1. The molecule has 0 unspecified atom stereocenters. The maximum absolute atomic E-state index is 12.1. The van der Waals surface area contributed by atoms with Crippen LogP contribution in [0.1, 0.15) is 19.3 Å². The van der Waals surface area contributed by atoms with Crippen LogP contribution in [0.3, 0.4) is 0 Å². The summed E-state index contributed by atoms with van der Waals surface area (Å²) in [5, 5.41) is 7.13. The first kappa shape index (κ1) is 29.9. The smallest absolute Gasteiger partial charge is 0.245 e. The summed E-state index contributed by atoms with van der Waals surface area (Å²) in [6.07, 6.45) is 14.1. The number of carbonyl (C=O) groups is 1. The summed E-state index contributed by atoms with van der Waals surface area (Å²) in [4.78, 5) is 40.6. The van der Waals surface area contributed by atoms with Gasteiger partial charge in [-0.05, 0) is 30.3 Å². The van der Waals surface area contributed by atoms with Gasteiger partial charge in [-0.15, -0.1) is 12.3 Å². The number of ether oxygens (including phenoxy) is 1. The second-order valence-electron chi connectivity index (χ2n) is 11.1. The molecular formula is C33H38N10O2. The molecule has 1 amide bonds. The molecule has 0 atom stereocenters. The number of rotatable bonds is 10. The summed E-state index contributed by atoms with van der Waals surface area (Å²) in [5.41, 5.74) is 4.12. The van der Waals surface area contributed by atoms with E-state index < -0.39 is 0 Å². The van der Waals surface area contributed by atoms with Crippen molar-refractivity contribution in [2.75, 3.05) is 68.4 Å². The molecule has 0 spiro atoms. The fourth-order valence-corrected chi connectivity index (χ4v) is 5.78. The third-order valence-corrected chi connectivity index (χ3v) is 8.30. The first-order valence-electron chi connectivity index (χ1n) is 15.3. The molecule has 2 fully saturated rings. The zero-order valence-corrected chi connectivity index (χ0v) is 25.5. The fraction of sp³-hybridized carbons (Fsp3) is 0.364. The quantitative estimate of drug-likeness (QED) is 0.181. The maximum Gasteiger partial charge on any atom is 0.245 e. The van der Waals surface area contributed by atoms with E-state index in [9.17, 15) is 4.79 Å². The molecule has 6 rings (SSSR count). The Balaban J connectivity index is 1.23. The number of aromatic amines is 1. The van der Waals surface area contributed by atoms with Crippen molar-refractivity contribution in [3.8, 4) is 29.5 Å². The highest BCUT2D eigenvalue weighted by molar-refractivity contribution is 5.97. The van der Waals surface area contributed by atoms with Gasteiger partial charge >= 0.3 is 0 Å². The minimum atomic E-state index is -0.117. The van der Waals surface area contributed by atoms with E-state index in [0.717, 1.165) is 55.8 Å². The molecule has 4 aromatic rings. The Bertz CT molecular complexity index is 1680. The number of fused-ring (bicyclic) bond motifs is 1. The largest absolute Gasteiger partial charge is 0.474 e. The lowest BCUT2D eigenvalue weighted by molar-refractivity contribution is -0.127. The lowest BCUT2D eigenvalue weighted by Crippen LogP contribution is -2.46. The molecule has 232 valence electrons. The van der Waals surface area contributed by atoms with Crippen LogP contribution >= 0.6 is 0 Å². The van der Waals surface area contributed by atoms with Gasteiger partial charge in [0.25, 0.3) is 0 Å². The van der Waals surface area contributed by atoms with Crippen LogP contribution in [0, 0.1) is 12.3 Å². The molecule has 0 bridgehead atoms. The zero-order chi connectivity index (χ0) is 31.2. The Labute approximate surface area is 262 Å². The number of amides is 1. The summed E-state index contributed by atoms with van der Waals surface area (Å²) in [5.74, 6) is 4.18. The lowest BCUT2D eigenvalue weighted by Gasteiger charge is -2.35. The lowest BCUT2D eigenvalue weighted by atomic mass is 10.1. The van der Waals surface area contributed by atoms with E-state index in [1.807, 2.05) is 18.3 Å². The minimum Gasteiger partial charge on any atom is -0.474 e. The molecule has 12 nitrogen and oxygen atoms in total. The van der Waals surface area contributed by atoms with Crippen LogP contribution in [0.25, 0.3) is 22.3 Å². The van der Waals surface area contributed by atoms with Crippen molar-refractivity contribution in [3.63, 3.8) is 0 Å². The predicted octanol–water partition coefficient (Wildman–Crippen LogP) is 3.90. The van der Waals surface area contributed by atoms with Crippen LogP contribution in [-0.2, 0) is 4.79 Å². The van der Waals surface area contributed by atoms with Crippen LogP contribution in [0.4, 0.5) is 23.1 Å². The Morgan fingerprint density at radius 3 is 2.60 bits per heavy atom. The van der Waals surface area contributed by atoms with Crippen LogP contribution in [0.2, 0.25) is 0 Å². The van der Waals surface area contributed by atoms with Gasteiger partial charge in [0.2, 0.25) is 17.7 Å². The van der Waals surface area contributed by atoms with Crippen LogP contribution in [-0.4, -0.2) is 99.6 Å². The molecule has 3 N–H and O–H groups in total. The highest BCUT2D eigenvalue weighted by atomic mass is 16.5. The van der Waals surface area contributed by atoms with Gasteiger partial charge in [-0.25, -0.2) is 4.98 Å². The van der Waals surface area contributed by atoms with E-state index in [4.69, 9.17) is 21.1 Å². The van der Waals surface area contributed by atoms with Crippen molar-refractivity contribution in [2.45, 2.75) is 25.4 Å².